The summed E-state index contributed by atoms with van der Waals surface area (Å²) in [6, 6.07) is 8.55. The zero-order valence-electron chi connectivity index (χ0n) is 12.3. The molecule has 0 aliphatic heterocycles. The molecule has 0 spiro atoms. The lowest BCUT2D eigenvalue weighted by atomic mass is 9.98. The quantitative estimate of drug-likeness (QED) is 0.827. The molecular weight excluding hydrogens is 268 g/mol. The van der Waals surface area contributed by atoms with E-state index in [4.69, 9.17) is 17.3 Å². The van der Waals surface area contributed by atoms with Crippen molar-refractivity contribution in [2.45, 2.75) is 44.7 Å². The van der Waals surface area contributed by atoms with Gasteiger partial charge in [0.05, 0.1) is 6.04 Å². The lowest BCUT2D eigenvalue weighted by Crippen LogP contribution is -2.41. The summed E-state index contributed by atoms with van der Waals surface area (Å²) in [6.45, 7) is 4.49. The molecule has 2 unspecified atom stereocenters. The minimum Gasteiger partial charge on any atom is -0.326 e. The first-order valence-corrected chi connectivity index (χ1v) is 8.27. The van der Waals surface area contributed by atoms with Crippen molar-refractivity contribution < 1.29 is 0 Å². The van der Waals surface area contributed by atoms with Gasteiger partial charge in [-0.3, -0.25) is 4.90 Å². The molecule has 3 rings (SSSR count). The number of rotatable bonds is 7. The van der Waals surface area contributed by atoms with E-state index in [0.29, 0.717) is 0 Å². The van der Waals surface area contributed by atoms with Gasteiger partial charge >= 0.3 is 0 Å². The Morgan fingerprint density at radius 2 is 1.70 bits per heavy atom. The lowest BCUT2D eigenvalue weighted by molar-refractivity contribution is 0.161. The zero-order valence-corrected chi connectivity index (χ0v) is 13.0. The SMILES string of the molecule is CC(N)C(c1ccccc1Cl)N(CC1CC1)CC1CC1. The molecule has 1 aromatic carbocycles. The monoisotopic (exact) mass is 292 g/mol. The van der Waals surface area contributed by atoms with Crippen molar-refractivity contribution >= 4 is 11.6 Å². The van der Waals surface area contributed by atoms with Gasteiger partial charge in [-0.1, -0.05) is 29.8 Å². The Morgan fingerprint density at radius 1 is 1.15 bits per heavy atom. The molecule has 110 valence electrons. The average Bonchev–Trinajstić information content (AvgIpc) is 3.27. The van der Waals surface area contributed by atoms with Crippen LogP contribution in [0.25, 0.3) is 0 Å². The Morgan fingerprint density at radius 3 is 2.15 bits per heavy atom. The molecule has 0 aromatic heterocycles. The zero-order chi connectivity index (χ0) is 14.1. The summed E-state index contributed by atoms with van der Waals surface area (Å²) >= 11 is 6.43. The van der Waals surface area contributed by atoms with Crippen molar-refractivity contribution in [1.29, 1.82) is 0 Å². The fourth-order valence-corrected chi connectivity index (χ4v) is 3.34. The fraction of sp³-hybridized carbons (Fsp3) is 0.647. The van der Waals surface area contributed by atoms with Gasteiger partial charge in [-0.15, -0.1) is 0 Å². The molecule has 0 saturated heterocycles. The van der Waals surface area contributed by atoms with Gasteiger partial charge in [-0.25, -0.2) is 0 Å². The van der Waals surface area contributed by atoms with Crippen LogP contribution in [-0.2, 0) is 0 Å². The molecule has 2 saturated carbocycles. The van der Waals surface area contributed by atoms with E-state index in [-0.39, 0.29) is 12.1 Å². The van der Waals surface area contributed by atoms with Crippen LogP contribution in [0.4, 0.5) is 0 Å². The van der Waals surface area contributed by atoms with Gasteiger partial charge in [0.2, 0.25) is 0 Å². The minimum absolute atomic E-state index is 0.104. The summed E-state index contributed by atoms with van der Waals surface area (Å²) in [5.41, 5.74) is 7.53. The van der Waals surface area contributed by atoms with Gasteiger partial charge in [-0.2, -0.15) is 0 Å². The second kappa shape index (κ2) is 6.05. The van der Waals surface area contributed by atoms with Crippen LogP contribution in [0.2, 0.25) is 5.02 Å². The largest absolute Gasteiger partial charge is 0.326 e. The topological polar surface area (TPSA) is 29.3 Å². The molecule has 2 fully saturated rings. The third-order valence-corrected chi connectivity index (χ3v) is 4.84. The predicted octanol–water partition coefficient (Wildman–Crippen LogP) is 3.85. The average molecular weight is 293 g/mol. The van der Waals surface area contributed by atoms with Crippen LogP contribution in [0, 0.1) is 11.8 Å². The van der Waals surface area contributed by atoms with E-state index < -0.39 is 0 Å². The second-order valence-electron chi connectivity index (χ2n) is 6.67. The summed E-state index contributed by atoms with van der Waals surface area (Å²) in [6.07, 6.45) is 5.54. The number of benzene rings is 1. The maximum atomic E-state index is 6.43. The molecule has 2 N–H and O–H groups in total. The molecule has 20 heavy (non-hydrogen) atoms. The highest BCUT2D eigenvalue weighted by Gasteiger charge is 2.35. The summed E-state index contributed by atoms with van der Waals surface area (Å²) in [5.74, 6) is 1.77. The van der Waals surface area contributed by atoms with E-state index in [1.54, 1.807) is 0 Å². The van der Waals surface area contributed by atoms with Crippen LogP contribution >= 0.6 is 11.6 Å². The first kappa shape index (κ1) is 14.4. The molecule has 0 bridgehead atoms. The van der Waals surface area contributed by atoms with Gasteiger partial charge < -0.3 is 5.73 Å². The number of halogens is 1. The molecule has 0 radical (unpaired) electrons. The van der Waals surface area contributed by atoms with Crippen LogP contribution in [0.3, 0.4) is 0 Å². The van der Waals surface area contributed by atoms with Gasteiger partial charge in [-0.05, 0) is 56.1 Å². The Balaban J connectivity index is 1.83. The smallest absolute Gasteiger partial charge is 0.0511 e. The predicted molar refractivity (Wildman–Crippen MR) is 84.9 cm³/mol. The van der Waals surface area contributed by atoms with E-state index in [0.717, 1.165) is 16.9 Å². The van der Waals surface area contributed by atoms with E-state index in [1.807, 2.05) is 12.1 Å². The van der Waals surface area contributed by atoms with Crippen LogP contribution in [0.15, 0.2) is 24.3 Å². The summed E-state index contributed by atoms with van der Waals surface area (Å²) in [7, 11) is 0. The van der Waals surface area contributed by atoms with Crippen LogP contribution < -0.4 is 5.73 Å². The first-order chi connectivity index (χ1) is 9.65. The Hall–Kier alpha value is -0.570. The Labute approximate surface area is 127 Å². The second-order valence-corrected chi connectivity index (χ2v) is 7.07. The summed E-state index contributed by atoms with van der Waals surface area (Å²) < 4.78 is 0. The number of hydrogen-bond donors (Lipinski definition) is 1. The normalized spacial score (nSPS) is 22.0. The molecular formula is C17H25ClN2. The molecule has 2 nitrogen and oxygen atoms in total. The number of nitrogens with two attached hydrogens (primary N) is 1. The van der Waals surface area contributed by atoms with Gasteiger partial charge in [0.15, 0.2) is 0 Å². The highest BCUT2D eigenvalue weighted by Crippen LogP contribution is 2.39. The molecule has 2 aliphatic rings. The van der Waals surface area contributed by atoms with Crippen LogP contribution in [0.5, 0.6) is 0 Å². The number of hydrogen-bond acceptors (Lipinski definition) is 2. The highest BCUT2D eigenvalue weighted by molar-refractivity contribution is 6.31. The Bertz CT molecular complexity index is 438. The number of nitrogens with zero attached hydrogens (tertiary/aromatic N) is 1. The van der Waals surface area contributed by atoms with Crippen LogP contribution in [-0.4, -0.2) is 24.0 Å². The third kappa shape index (κ3) is 3.55. The highest BCUT2D eigenvalue weighted by atomic mass is 35.5. The minimum atomic E-state index is 0.104. The van der Waals surface area contributed by atoms with Crippen molar-refractivity contribution in [3.8, 4) is 0 Å². The van der Waals surface area contributed by atoms with E-state index in [2.05, 4.69) is 24.0 Å². The Kier molecular flexibility index (Phi) is 4.34. The lowest BCUT2D eigenvalue weighted by Gasteiger charge is -2.35. The van der Waals surface area contributed by atoms with Crippen molar-refractivity contribution in [3.05, 3.63) is 34.9 Å². The third-order valence-electron chi connectivity index (χ3n) is 4.49. The summed E-state index contributed by atoms with van der Waals surface area (Å²) in [5, 5.41) is 0.853. The van der Waals surface area contributed by atoms with Gasteiger partial charge in [0, 0.05) is 24.2 Å². The molecule has 0 heterocycles. The van der Waals surface area contributed by atoms with Crippen molar-refractivity contribution in [2.75, 3.05) is 13.1 Å². The molecule has 1 aromatic rings. The van der Waals surface area contributed by atoms with E-state index in [9.17, 15) is 0 Å². The van der Waals surface area contributed by atoms with Gasteiger partial charge in [0.1, 0.15) is 0 Å². The summed E-state index contributed by atoms with van der Waals surface area (Å²) in [4.78, 5) is 2.61. The van der Waals surface area contributed by atoms with E-state index in [1.165, 1.54) is 44.3 Å². The fourth-order valence-electron chi connectivity index (χ4n) is 3.09. The molecule has 0 amide bonds. The van der Waals surface area contributed by atoms with Crippen molar-refractivity contribution in [1.82, 2.24) is 4.90 Å². The molecule has 2 atom stereocenters. The maximum Gasteiger partial charge on any atom is 0.0511 e. The maximum absolute atomic E-state index is 6.43. The van der Waals surface area contributed by atoms with E-state index >= 15 is 0 Å². The first-order valence-electron chi connectivity index (χ1n) is 7.89. The molecule has 2 aliphatic carbocycles. The van der Waals surface area contributed by atoms with Crippen LogP contribution in [0.1, 0.15) is 44.2 Å². The van der Waals surface area contributed by atoms with Crippen molar-refractivity contribution in [2.24, 2.45) is 17.6 Å². The standard InChI is InChI=1S/C17H25ClN2/c1-12(19)17(15-4-2-3-5-16(15)18)20(10-13-6-7-13)11-14-8-9-14/h2-5,12-14,17H,6-11,19H2,1H3. The van der Waals surface area contributed by atoms with Crippen molar-refractivity contribution in [3.63, 3.8) is 0 Å². The molecule has 3 heteroatoms. The van der Waals surface area contributed by atoms with Gasteiger partial charge in [0.25, 0.3) is 0 Å².